The van der Waals surface area contributed by atoms with Crippen LogP contribution in [0.25, 0.3) is 0 Å². The molecule has 1 aromatic carbocycles. The number of H-pyrrole nitrogens is 1. The summed E-state index contributed by atoms with van der Waals surface area (Å²) in [7, 11) is 0. The molecule has 0 saturated heterocycles. The van der Waals surface area contributed by atoms with E-state index in [1.165, 1.54) is 0 Å². The Bertz CT molecular complexity index is 583. The number of rotatable bonds is 6. The first-order valence-corrected chi connectivity index (χ1v) is 6.83. The number of hydrogen-bond acceptors (Lipinski definition) is 5. The second kappa shape index (κ2) is 6.83. The first-order valence-electron chi connectivity index (χ1n) is 6.83. The molecule has 0 aliphatic carbocycles. The fraction of sp³-hybridized carbons (Fsp3) is 0.429. The maximum absolute atomic E-state index is 12.2. The highest BCUT2D eigenvalue weighted by molar-refractivity contribution is 5.94. The van der Waals surface area contributed by atoms with Gasteiger partial charge in [-0.2, -0.15) is 5.21 Å². The number of aromatic nitrogens is 4. The summed E-state index contributed by atoms with van der Waals surface area (Å²) in [5, 5.41) is 16.3. The monoisotopic (exact) mass is 289 g/mol. The summed E-state index contributed by atoms with van der Waals surface area (Å²) in [6.07, 6.45) is 0. The maximum atomic E-state index is 12.2. The second-order valence-corrected chi connectivity index (χ2v) is 5.20. The van der Waals surface area contributed by atoms with E-state index in [4.69, 9.17) is 4.74 Å². The third-order valence-electron chi connectivity index (χ3n) is 2.78. The van der Waals surface area contributed by atoms with Crippen LogP contribution in [0, 0.1) is 5.92 Å². The van der Waals surface area contributed by atoms with Gasteiger partial charge in [0.1, 0.15) is 5.75 Å². The number of nitrogens with zero attached hydrogens (tertiary/aromatic N) is 3. The normalized spacial score (nSPS) is 12.2. The van der Waals surface area contributed by atoms with Gasteiger partial charge in [0.25, 0.3) is 5.91 Å². The van der Waals surface area contributed by atoms with Crippen LogP contribution in [0.3, 0.4) is 0 Å². The van der Waals surface area contributed by atoms with Gasteiger partial charge in [-0.15, -0.1) is 10.2 Å². The molecule has 2 aromatic rings. The topological polar surface area (TPSA) is 92.8 Å². The Kier molecular flexibility index (Phi) is 4.86. The van der Waals surface area contributed by atoms with Gasteiger partial charge in [-0.05, 0) is 31.0 Å². The molecule has 1 heterocycles. The summed E-state index contributed by atoms with van der Waals surface area (Å²) in [6, 6.07) is 6.77. The van der Waals surface area contributed by atoms with Crippen molar-refractivity contribution < 1.29 is 9.53 Å². The molecule has 0 fully saturated rings. The Hall–Kier alpha value is -2.44. The standard InChI is InChI=1S/C14H19N5O2/c1-9(2)8-21-12-6-4-5-11(7-12)14(20)15-10(3)13-16-18-19-17-13/h4-7,9-10H,8H2,1-3H3,(H,15,20)(H,16,17,18,19). The van der Waals surface area contributed by atoms with Gasteiger partial charge in [0.2, 0.25) is 0 Å². The van der Waals surface area contributed by atoms with Gasteiger partial charge >= 0.3 is 0 Å². The van der Waals surface area contributed by atoms with E-state index in [1.807, 2.05) is 6.07 Å². The van der Waals surface area contributed by atoms with Gasteiger partial charge in [0.15, 0.2) is 5.82 Å². The van der Waals surface area contributed by atoms with Gasteiger partial charge in [-0.25, -0.2) is 0 Å². The number of tetrazole rings is 1. The van der Waals surface area contributed by atoms with E-state index in [1.54, 1.807) is 25.1 Å². The Morgan fingerprint density at radius 1 is 1.38 bits per heavy atom. The van der Waals surface area contributed by atoms with E-state index in [2.05, 4.69) is 39.8 Å². The number of hydrogen-bond donors (Lipinski definition) is 2. The quantitative estimate of drug-likeness (QED) is 0.844. The summed E-state index contributed by atoms with van der Waals surface area (Å²) in [6.45, 7) is 6.55. The van der Waals surface area contributed by atoms with Crippen molar-refractivity contribution in [2.75, 3.05) is 6.61 Å². The van der Waals surface area contributed by atoms with Gasteiger partial charge < -0.3 is 10.1 Å². The first-order chi connectivity index (χ1) is 10.1. The number of carbonyl (C=O) groups excluding carboxylic acids is 1. The summed E-state index contributed by atoms with van der Waals surface area (Å²) in [5.41, 5.74) is 0.534. The molecule has 0 aliphatic heterocycles. The van der Waals surface area contributed by atoms with Crippen molar-refractivity contribution in [2.24, 2.45) is 5.92 Å². The van der Waals surface area contributed by atoms with Crippen molar-refractivity contribution >= 4 is 5.91 Å². The third-order valence-corrected chi connectivity index (χ3v) is 2.78. The zero-order chi connectivity index (χ0) is 15.2. The molecular weight excluding hydrogens is 270 g/mol. The lowest BCUT2D eigenvalue weighted by Gasteiger charge is -2.12. The highest BCUT2D eigenvalue weighted by atomic mass is 16.5. The van der Waals surface area contributed by atoms with Gasteiger partial charge in [0.05, 0.1) is 12.6 Å². The minimum Gasteiger partial charge on any atom is -0.493 e. The van der Waals surface area contributed by atoms with Gasteiger partial charge in [0, 0.05) is 5.56 Å². The lowest BCUT2D eigenvalue weighted by Crippen LogP contribution is -2.27. The first kappa shape index (κ1) is 15.0. The van der Waals surface area contributed by atoms with Crippen LogP contribution in [0.15, 0.2) is 24.3 Å². The lowest BCUT2D eigenvalue weighted by molar-refractivity contribution is 0.0937. The largest absolute Gasteiger partial charge is 0.493 e. The molecule has 0 spiro atoms. The lowest BCUT2D eigenvalue weighted by atomic mass is 10.2. The molecule has 2 rings (SSSR count). The smallest absolute Gasteiger partial charge is 0.251 e. The number of carbonyl (C=O) groups is 1. The number of nitrogens with one attached hydrogen (secondary N) is 2. The van der Waals surface area contributed by atoms with Crippen LogP contribution in [-0.2, 0) is 0 Å². The zero-order valence-electron chi connectivity index (χ0n) is 12.3. The predicted molar refractivity (Wildman–Crippen MR) is 76.8 cm³/mol. The third kappa shape index (κ3) is 4.27. The van der Waals surface area contributed by atoms with Crippen molar-refractivity contribution in [2.45, 2.75) is 26.8 Å². The maximum Gasteiger partial charge on any atom is 0.251 e. The van der Waals surface area contributed by atoms with Crippen LogP contribution in [-0.4, -0.2) is 33.1 Å². The van der Waals surface area contributed by atoms with E-state index < -0.39 is 0 Å². The fourth-order valence-electron chi connectivity index (χ4n) is 1.69. The molecule has 0 radical (unpaired) electrons. The van der Waals surface area contributed by atoms with Crippen molar-refractivity contribution in [3.63, 3.8) is 0 Å². The van der Waals surface area contributed by atoms with Gasteiger partial charge in [-0.3, -0.25) is 4.79 Å². The Morgan fingerprint density at radius 3 is 2.86 bits per heavy atom. The fourth-order valence-corrected chi connectivity index (χ4v) is 1.69. The molecule has 7 nitrogen and oxygen atoms in total. The second-order valence-electron chi connectivity index (χ2n) is 5.20. The predicted octanol–water partition coefficient (Wildman–Crippen LogP) is 1.73. The molecule has 0 aliphatic rings. The molecular formula is C14H19N5O2. The van der Waals surface area contributed by atoms with Crippen LogP contribution in [0.1, 0.15) is 43.0 Å². The van der Waals surface area contributed by atoms with Crippen molar-refractivity contribution in [3.05, 3.63) is 35.7 Å². The summed E-state index contributed by atoms with van der Waals surface area (Å²) in [4.78, 5) is 12.2. The van der Waals surface area contributed by atoms with Crippen molar-refractivity contribution in [1.29, 1.82) is 0 Å². The van der Waals surface area contributed by atoms with Crippen LogP contribution in [0.2, 0.25) is 0 Å². The molecule has 112 valence electrons. The highest BCUT2D eigenvalue weighted by Gasteiger charge is 2.15. The van der Waals surface area contributed by atoms with Crippen LogP contribution in [0.4, 0.5) is 0 Å². The summed E-state index contributed by atoms with van der Waals surface area (Å²) in [5.74, 6) is 1.35. The molecule has 0 saturated carbocycles. The molecule has 2 N–H and O–H groups in total. The minimum absolute atomic E-state index is 0.206. The summed E-state index contributed by atoms with van der Waals surface area (Å²) < 4.78 is 5.62. The highest BCUT2D eigenvalue weighted by Crippen LogP contribution is 2.15. The van der Waals surface area contributed by atoms with E-state index in [-0.39, 0.29) is 11.9 Å². The number of aromatic amines is 1. The number of benzene rings is 1. The van der Waals surface area contributed by atoms with Crippen molar-refractivity contribution in [1.82, 2.24) is 25.9 Å². The Morgan fingerprint density at radius 2 is 2.19 bits per heavy atom. The van der Waals surface area contributed by atoms with Crippen molar-refractivity contribution in [3.8, 4) is 5.75 Å². The number of ether oxygens (including phenoxy) is 1. The Labute approximate surface area is 123 Å². The van der Waals surface area contributed by atoms with E-state index in [9.17, 15) is 4.79 Å². The average Bonchev–Trinajstić information content (AvgIpc) is 2.99. The SMILES string of the molecule is CC(C)COc1cccc(C(=O)NC(C)c2nn[nH]n2)c1. The number of amides is 1. The van der Waals surface area contributed by atoms with Gasteiger partial charge in [-0.1, -0.05) is 25.1 Å². The van der Waals surface area contributed by atoms with E-state index >= 15 is 0 Å². The van der Waals surface area contributed by atoms with Crippen LogP contribution in [0.5, 0.6) is 5.75 Å². The van der Waals surface area contributed by atoms with E-state index in [0.717, 1.165) is 0 Å². The molecule has 0 bridgehead atoms. The summed E-state index contributed by atoms with van der Waals surface area (Å²) >= 11 is 0. The molecule has 21 heavy (non-hydrogen) atoms. The average molecular weight is 289 g/mol. The van der Waals surface area contributed by atoms with E-state index in [0.29, 0.717) is 29.7 Å². The molecule has 1 unspecified atom stereocenters. The minimum atomic E-state index is -0.323. The molecule has 1 amide bonds. The zero-order valence-corrected chi connectivity index (χ0v) is 12.3. The molecule has 1 aromatic heterocycles. The van der Waals surface area contributed by atoms with Crippen LogP contribution >= 0.6 is 0 Å². The Balaban J connectivity index is 2.00. The molecule has 7 heteroatoms. The van der Waals surface area contributed by atoms with Crippen LogP contribution < -0.4 is 10.1 Å². The molecule has 1 atom stereocenters.